The predicted octanol–water partition coefficient (Wildman–Crippen LogP) is 3.31. The summed E-state index contributed by atoms with van der Waals surface area (Å²) in [5, 5.41) is 1.71. The number of amides is 1. The molecule has 10 nitrogen and oxygen atoms in total. The second-order valence-electron chi connectivity index (χ2n) is 10.1. The Balaban J connectivity index is 1.25. The molecule has 2 atom stereocenters. The highest BCUT2D eigenvalue weighted by molar-refractivity contribution is 7.90. The molecule has 1 saturated carbocycles. The number of hydrogen-bond donors (Lipinski definition) is 0. The summed E-state index contributed by atoms with van der Waals surface area (Å²) in [5.41, 5.74) is 0.566. The number of piperidine rings is 1. The number of ether oxygens (including phenoxy) is 3. The number of carbonyl (C=O) groups excluding carboxylic acids is 1. The molecule has 37 heavy (non-hydrogen) atoms. The maximum Gasteiger partial charge on any atom is 0.410 e. The number of sulfone groups is 1. The summed E-state index contributed by atoms with van der Waals surface area (Å²) in [7, 11) is -3.59. The normalized spacial score (nSPS) is 24.6. The number of hydrogen-bond acceptors (Lipinski definition) is 10. The van der Waals surface area contributed by atoms with E-state index in [1.54, 1.807) is 10.3 Å². The van der Waals surface area contributed by atoms with E-state index in [-0.39, 0.29) is 40.2 Å². The van der Waals surface area contributed by atoms with Crippen molar-refractivity contribution in [1.29, 1.82) is 0 Å². The van der Waals surface area contributed by atoms with E-state index in [2.05, 4.69) is 15.0 Å². The standard InChI is InChI=1S/C24H25FN4O6S2/c1-24(3-4-24)35-23(30)29-7-13-9-33-10-14(8-29)20(13)34-22-21-19(27-12-28-22)16(11-36-21)18-17(25)5-15(6-26-18)37(2,31)32/h5-6,11-14,20H,3-4,7-10H2,1-2H3. The van der Waals surface area contributed by atoms with Gasteiger partial charge in [-0.15, -0.1) is 11.3 Å². The van der Waals surface area contributed by atoms with E-state index in [4.69, 9.17) is 14.2 Å². The predicted molar refractivity (Wildman–Crippen MR) is 132 cm³/mol. The summed E-state index contributed by atoms with van der Waals surface area (Å²) < 4.78 is 56.8. The Morgan fingerprint density at radius 2 is 1.95 bits per heavy atom. The van der Waals surface area contributed by atoms with E-state index in [0.29, 0.717) is 48.0 Å². The minimum absolute atomic E-state index is 0.00440. The van der Waals surface area contributed by atoms with Gasteiger partial charge in [0, 0.05) is 48.3 Å². The van der Waals surface area contributed by atoms with Gasteiger partial charge < -0.3 is 19.1 Å². The van der Waals surface area contributed by atoms with Crippen molar-refractivity contribution >= 4 is 37.5 Å². The summed E-state index contributed by atoms with van der Waals surface area (Å²) in [6, 6.07) is 0.962. The van der Waals surface area contributed by atoms with Crippen LogP contribution in [-0.2, 0) is 19.3 Å². The fraction of sp³-hybridized carbons (Fsp3) is 0.500. The monoisotopic (exact) mass is 548 g/mol. The fourth-order valence-corrected chi connectivity index (χ4v) is 6.32. The second kappa shape index (κ2) is 8.84. The van der Waals surface area contributed by atoms with Crippen molar-refractivity contribution < 1.29 is 31.8 Å². The second-order valence-corrected chi connectivity index (χ2v) is 13.0. The third-order valence-electron chi connectivity index (χ3n) is 7.12. The first kappa shape index (κ1) is 24.4. The molecule has 13 heteroatoms. The Morgan fingerprint density at radius 1 is 1.22 bits per heavy atom. The lowest BCUT2D eigenvalue weighted by Crippen LogP contribution is -2.59. The molecule has 2 bridgehead atoms. The summed E-state index contributed by atoms with van der Waals surface area (Å²) >= 11 is 1.30. The largest absolute Gasteiger partial charge is 0.472 e. The first-order valence-electron chi connectivity index (χ1n) is 11.9. The first-order chi connectivity index (χ1) is 17.6. The van der Waals surface area contributed by atoms with Gasteiger partial charge in [-0.1, -0.05) is 0 Å². The number of likely N-dealkylation sites (tertiary alicyclic amines) is 1. The SMILES string of the molecule is CC1(OC(=O)N2CC3COCC(C2)C3Oc2ncnc3c(-c4ncc(S(C)(=O)=O)cc4F)csc23)CC1. The molecule has 0 spiro atoms. The van der Waals surface area contributed by atoms with Crippen molar-refractivity contribution in [2.24, 2.45) is 11.8 Å². The smallest absolute Gasteiger partial charge is 0.410 e. The topological polar surface area (TPSA) is 121 Å². The molecule has 2 unspecified atom stereocenters. The van der Waals surface area contributed by atoms with Crippen LogP contribution in [0, 0.1) is 17.7 Å². The van der Waals surface area contributed by atoms with Crippen molar-refractivity contribution in [3.05, 3.63) is 29.8 Å². The van der Waals surface area contributed by atoms with Crippen molar-refractivity contribution in [1.82, 2.24) is 19.9 Å². The molecule has 3 aliphatic rings. The highest BCUT2D eigenvalue weighted by Gasteiger charge is 2.47. The van der Waals surface area contributed by atoms with Crippen LogP contribution in [0.3, 0.4) is 0 Å². The van der Waals surface area contributed by atoms with Gasteiger partial charge in [0.15, 0.2) is 15.7 Å². The summed E-state index contributed by atoms with van der Waals surface area (Å²) in [6.07, 6.45) is 4.76. The molecule has 3 aromatic heterocycles. The molecule has 0 aromatic carbocycles. The van der Waals surface area contributed by atoms with Gasteiger partial charge in [0.1, 0.15) is 28.4 Å². The third-order valence-corrected chi connectivity index (χ3v) is 9.15. The Kier molecular flexibility index (Phi) is 5.84. The number of fused-ring (bicyclic) bond motifs is 3. The lowest BCUT2D eigenvalue weighted by atomic mass is 9.84. The Morgan fingerprint density at radius 3 is 2.59 bits per heavy atom. The summed E-state index contributed by atoms with van der Waals surface area (Å²) in [6.45, 7) is 3.77. The van der Waals surface area contributed by atoms with Gasteiger partial charge in [-0.3, -0.25) is 4.98 Å². The van der Waals surface area contributed by atoms with E-state index >= 15 is 0 Å². The molecule has 6 rings (SSSR count). The number of nitrogens with zero attached hydrogens (tertiary/aromatic N) is 4. The average molecular weight is 549 g/mol. The number of rotatable bonds is 5. The number of pyridine rings is 1. The van der Waals surface area contributed by atoms with Gasteiger partial charge in [-0.25, -0.2) is 27.6 Å². The third kappa shape index (κ3) is 4.64. The number of aromatic nitrogens is 3. The number of halogens is 1. The molecule has 2 saturated heterocycles. The molecule has 5 heterocycles. The molecule has 2 aliphatic heterocycles. The molecule has 0 N–H and O–H groups in total. The molecule has 1 aliphatic carbocycles. The average Bonchev–Trinajstić information content (AvgIpc) is 3.40. The van der Waals surface area contributed by atoms with Gasteiger partial charge in [0.2, 0.25) is 5.88 Å². The summed E-state index contributed by atoms with van der Waals surface area (Å²) in [4.78, 5) is 27.0. The maximum atomic E-state index is 14.9. The minimum Gasteiger partial charge on any atom is -0.472 e. The zero-order valence-corrected chi connectivity index (χ0v) is 21.8. The minimum atomic E-state index is -3.59. The lowest BCUT2D eigenvalue weighted by molar-refractivity contribution is -0.111. The highest BCUT2D eigenvalue weighted by atomic mass is 32.2. The summed E-state index contributed by atoms with van der Waals surface area (Å²) in [5.74, 6) is -0.495. The van der Waals surface area contributed by atoms with Crippen LogP contribution in [0.2, 0.25) is 0 Å². The van der Waals surface area contributed by atoms with Gasteiger partial charge in [-0.05, 0) is 25.8 Å². The quantitative estimate of drug-likeness (QED) is 0.473. The van der Waals surface area contributed by atoms with Crippen LogP contribution in [0.15, 0.2) is 28.9 Å². The van der Waals surface area contributed by atoms with E-state index in [1.807, 2.05) is 6.92 Å². The molecular weight excluding hydrogens is 523 g/mol. The highest BCUT2D eigenvalue weighted by Crippen LogP contribution is 2.41. The molecule has 0 radical (unpaired) electrons. The maximum absolute atomic E-state index is 14.9. The molecule has 3 aromatic rings. The molecule has 196 valence electrons. The van der Waals surface area contributed by atoms with E-state index in [1.165, 1.54) is 17.7 Å². The van der Waals surface area contributed by atoms with E-state index < -0.39 is 15.7 Å². The van der Waals surface area contributed by atoms with Crippen molar-refractivity contribution in [3.8, 4) is 17.1 Å². The van der Waals surface area contributed by atoms with Crippen LogP contribution < -0.4 is 4.74 Å². The fourth-order valence-electron chi connectivity index (χ4n) is 4.83. The van der Waals surface area contributed by atoms with Crippen molar-refractivity contribution in [2.75, 3.05) is 32.6 Å². The molecular formula is C24H25FN4O6S2. The van der Waals surface area contributed by atoms with Crippen LogP contribution in [0.5, 0.6) is 5.88 Å². The number of carbonyl (C=O) groups is 1. The zero-order valence-electron chi connectivity index (χ0n) is 20.2. The Hall–Kier alpha value is -2.90. The van der Waals surface area contributed by atoms with Crippen LogP contribution in [0.25, 0.3) is 21.5 Å². The van der Waals surface area contributed by atoms with E-state index in [9.17, 15) is 17.6 Å². The van der Waals surface area contributed by atoms with Crippen LogP contribution in [-0.4, -0.2) is 78.6 Å². The van der Waals surface area contributed by atoms with Gasteiger partial charge in [-0.2, -0.15) is 0 Å². The van der Waals surface area contributed by atoms with Crippen molar-refractivity contribution in [3.63, 3.8) is 0 Å². The Bertz CT molecular complexity index is 1480. The number of thiophene rings is 1. The van der Waals surface area contributed by atoms with Gasteiger partial charge >= 0.3 is 6.09 Å². The van der Waals surface area contributed by atoms with Crippen LogP contribution in [0.1, 0.15) is 19.8 Å². The van der Waals surface area contributed by atoms with Gasteiger partial charge in [0.25, 0.3) is 0 Å². The zero-order chi connectivity index (χ0) is 25.9. The van der Waals surface area contributed by atoms with Crippen molar-refractivity contribution in [2.45, 2.75) is 36.4 Å². The van der Waals surface area contributed by atoms with Gasteiger partial charge in [0.05, 0.1) is 23.6 Å². The lowest BCUT2D eigenvalue weighted by Gasteiger charge is -2.46. The molecule has 1 amide bonds. The van der Waals surface area contributed by atoms with Crippen LogP contribution >= 0.6 is 11.3 Å². The first-order valence-corrected chi connectivity index (χ1v) is 14.7. The molecule has 3 fully saturated rings. The van der Waals surface area contributed by atoms with E-state index in [0.717, 1.165) is 31.4 Å². The Labute approximate surface area is 216 Å². The van der Waals surface area contributed by atoms with Crippen LogP contribution in [0.4, 0.5) is 9.18 Å².